The molecule has 0 aromatic rings. The molecule has 0 aromatic carbocycles. The van der Waals surface area contributed by atoms with Crippen molar-refractivity contribution in [1.29, 1.82) is 0 Å². The van der Waals surface area contributed by atoms with E-state index in [1.54, 1.807) is 14.2 Å². The Bertz CT molecular complexity index is 382. The number of fused-ring (bicyclic) bond motifs is 1. The number of hydrogen-bond donors (Lipinski definition) is 0. The van der Waals surface area contributed by atoms with Gasteiger partial charge in [0.25, 0.3) is 0 Å². The van der Waals surface area contributed by atoms with Crippen LogP contribution in [0.2, 0.25) is 0 Å². The predicted molar refractivity (Wildman–Crippen MR) is 69.4 cm³/mol. The Morgan fingerprint density at radius 2 is 1.75 bits per heavy atom. The Labute approximate surface area is 118 Å². The Morgan fingerprint density at radius 1 is 1.10 bits per heavy atom. The second kappa shape index (κ2) is 6.37. The quantitative estimate of drug-likeness (QED) is 0.694. The maximum atomic E-state index is 12.5. The molecule has 2 fully saturated rings. The van der Waals surface area contributed by atoms with Gasteiger partial charge in [-0.05, 0) is 7.05 Å². The fourth-order valence-corrected chi connectivity index (χ4v) is 4.09. The van der Waals surface area contributed by atoms with Crippen molar-refractivity contribution in [3.05, 3.63) is 0 Å². The van der Waals surface area contributed by atoms with Crippen LogP contribution in [0.4, 0.5) is 0 Å². The van der Waals surface area contributed by atoms with Crippen molar-refractivity contribution in [2.24, 2.45) is 0 Å². The molecule has 0 spiro atoms. The minimum atomic E-state index is -3.31. The van der Waals surface area contributed by atoms with Gasteiger partial charge in [-0.3, -0.25) is 9.05 Å². The topological polar surface area (TPSA) is 75.7 Å². The number of rotatable bonds is 4. The fourth-order valence-electron chi connectivity index (χ4n) is 2.64. The summed E-state index contributed by atoms with van der Waals surface area (Å²) in [4.78, 5) is 0. The first-order valence-electron chi connectivity index (χ1n) is 6.30. The maximum absolute atomic E-state index is 12.5. The standard InChI is InChI=1S/C11H22NO7P/c1-12-6-7-8(19-20(12,13)17-5)9(14-2)10(15-3)11(16-4)18-7/h7-11H,6H2,1-5H3/t7-,8-,9+,10-,11+,20+/m1/s1. The smallest absolute Gasteiger partial charge is 0.376 e. The van der Waals surface area contributed by atoms with Gasteiger partial charge >= 0.3 is 7.75 Å². The fraction of sp³-hybridized carbons (Fsp3) is 1.00. The van der Waals surface area contributed by atoms with Crippen LogP contribution in [0.1, 0.15) is 0 Å². The Kier molecular flexibility index (Phi) is 5.20. The molecule has 0 unspecified atom stereocenters. The molecule has 118 valence electrons. The summed E-state index contributed by atoms with van der Waals surface area (Å²) in [6.07, 6.45) is -2.37. The monoisotopic (exact) mass is 311 g/mol. The molecule has 0 N–H and O–H groups in total. The highest BCUT2D eigenvalue weighted by Crippen LogP contribution is 2.56. The first-order chi connectivity index (χ1) is 9.50. The van der Waals surface area contributed by atoms with Crippen LogP contribution in [0.15, 0.2) is 0 Å². The lowest BCUT2D eigenvalue weighted by atomic mass is 9.98. The molecule has 0 amide bonds. The molecule has 2 aliphatic heterocycles. The number of likely N-dealkylation sites (N-methyl/N-ethyl adjacent to an activating group) is 1. The molecule has 0 bridgehead atoms. The summed E-state index contributed by atoms with van der Waals surface area (Å²) < 4.78 is 46.6. The zero-order valence-electron chi connectivity index (χ0n) is 12.3. The Morgan fingerprint density at radius 3 is 2.25 bits per heavy atom. The van der Waals surface area contributed by atoms with Gasteiger partial charge in [0.1, 0.15) is 24.4 Å². The summed E-state index contributed by atoms with van der Waals surface area (Å²) in [6.45, 7) is 0.395. The molecule has 20 heavy (non-hydrogen) atoms. The lowest BCUT2D eigenvalue weighted by Crippen LogP contribution is -2.63. The average molecular weight is 311 g/mol. The normalized spacial score (nSPS) is 46.1. The molecule has 0 radical (unpaired) electrons. The summed E-state index contributed by atoms with van der Waals surface area (Å²) in [7, 11) is 4.33. The zero-order valence-corrected chi connectivity index (χ0v) is 13.2. The van der Waals surface area contributed by atoms with E-state index in [4.69, 9.17) is 28.0 Å². The third-order valence-corrected chi connectivity index (χ3v) is 5.69. The number of ether oxygens (including phenoxy) is 4. The molecule has 8 nitrogen and oxygen atoms in total. The summed E-state index contributed by atoms with van der Waals surface area (Å²) in [5.74, 6) is 0. The van der Waals surface area contributed by atoms with Crippen LogP contribution in [0, 0.1) is 0 Å². The van der Waals surface area contributed by atoms with Crippen molar-refractivity contribution in [1.82, 2.24) is 4.67 Å². The minimum absolute atomic E-state index is 0.335. The average Bonchev–Trinajstić information content (AvgIpc) is 2.46. The van der Waals surface area contributed by atoms with Crippen molar-refractivity contribution in [3.63, 3.8) is 0 Å². The Balaban J connectivity index is 2.26. The molecule has 2 heterocycles. The molecule has 2 rings (SSSR count). The molecular weight excluding hydrogens is 289 g/mol. The lowest BCUT2D eigenvalue weighted by molar-refractivity contribution is -0.301. The van der Waals surface area contributed by atoms with Crippen molar-refractivity contribution >= 4 is 7.75 Å². The molecule has 0 aliphatic carbocycles. The van der Waals surface area contributed by atoms with Crippen LogP contribution in [0.25, 0.3) is 0 Å². The van der Waals surface area contributed by atoms with Gasteiger partial charge in [0, 0.05) is 35.0 Å². The third-order valence-electron chi connectivity index (χ3n) is 3.72. The lowest BCUT2D eigenvalue weighted by Gasteiger charge is -2.49. The first kappa shape index (κ1) is 16.3. The summed E-state index contributed by atoms with van der Waals surface area (Å²) >= 11 is 0. The highest BCUT2D eigenvalue weighted by molar-refractivity contribution is 7.51. The Hall–Kier alpha value is -0.0500. The van der Waals surface area contributed by atoms with Crippen LogP contribution >= 0.6 is 7.75 Å². The number of hydrogen-bond acceptors (Lipinski definition) is 7. The second-order valence-electron chi connectivity index (χ2n) is 4.74. The highest BCUT2D eigenvalue weighted by Gasteiger charge is 2.54. The predicted octanol–water partition coefficient (Wildman–Crippen LogP) is 0.473. The summed E-state index contributed by atoms with van der Waals surface area (Å²) in [6, 6.07) is 0. The minimum Gasteiger partial charge on any atom is -0.376 e. The molecule has 6 atom stereocenters. The van der Waals surface area contributed by atoms with E-state index in [9.17, 15) is 4.57 Å². The zero-order chi connectivity index (χ0) is 14.9. The largest absolute Gasteiger partial charge is 0.408 e. The highest BCUT2D eigenvalue weighted by atomic mass is 31.2. The van der Waals surface area contributed by atoms with Crippen molar-refractivity contribution < 1.29 is 32.6 Å². The van der Waals surface area contributed by atoms with E-state index in [2.05, 4.69) is 0 Å². The molecule has 0 saturated carbocycles. The van der Waals surface area contributed by atoms with E-state index in [0.29, 0.717) is 6.54 Å². The summed E-state index contributed by atoms with van der Waals surface area (Å²) in [5, 5.41) is 0. The van der Waals surface area contributed by atoms with E-state index in [1.807, 2.05) is 0 Å². The number of methoxy groups -OCH3 is 3. The maximum Gasteiger partial charge on any atom is 0.408 e. The van der Waals surface area contributed by atoms with Gasteiger partial charge in [-0.2, -0.15) is 0 Å². The van der Waals surface area contributed by atoms with Gasteiger partial charge in [-0.15, -0.1) is 0 Å². The van der Waals surface area contributed by atoms with Gasteiger partial charge in [0.15, 0.2) is 6.29 Å². The van der Waals surface area contributed by atoms with Gasteiger partial charge in [0.2, 0.25) is 0 Å². The molecule has 2 aliphatic rings. The molecule has 2 saturated heterocycles. The van der Waals surface area contributed by atoms with Crippen LogP contribution in [-0.2, 0) is 32.6 Å². The van der Waals surface area contributed by atoms with Crippen LogP contribution in [0.3, 0.4) is 0 Å². The molecular formula is C11H22NO7P. The van der Waals surface area contributed by atoms with Gasteiger partial charge < -0.3 is 18.9 Å². The second-order valence-corrected chi connectivity index (χ2v) is 6.94. The van der Waals surface area contributed by atoms with Crippen LogP contribution < -0.4 is 0 Å². The van der Waals surface area contributed by atoms with E-state index in [-0.39, 0.29) is 6.10 Å². The van der Waals surface area contributed by atoms with Crippen LogP contribution in [0.5, 0.6) is 0 Å². The van der Waals surface area contributed by atoms with Crippen molar-refractivity contribution in [2.75, 3.05) is 42.0 Å². The van der Waals surface area contributed by atoms with Crippen molar-refractivity contribution in [2.45, 2.75) is 30.7 Å². The van der Waals surface area contributed by atoms with E-state index in [1.165, 1.54) is 26.0 Å². The van der Waals surface area contributed by atoms with Gasteiger partial charge in [0.05, 0.1) is 0 Å². The van der Waals surface area contributed by atoms with Crippen molar-refractivity contribution in [3.8, 4) is 0 Å². The van der Waals surface area contributed by atoms with E-state index < -0.39 is 32.3 Å². The van der Waals surface area contributed by atoms with Crippen LogP contribution in [-0.4, -0.2) is 77.4 Å². The summed E-state index contributed by atoms with van der Waals surface area (Å²) in [5.41, 5.74) is 0. The first-order valence-corrected chi connectivity index (χ1v) is 7.80. The molecule has 9 heteroatoms. The molecule has 0 aromatic heterocycles. The van der Waals surface area contributed by atoms with Gasteiger partial charge in [-0.1, -0.05) is 0 Å². The van der Waals surface area contributed by atoms with Gasteiger partial charge in [-0.25, -0.2) is 9.24 Å². The van der Waals surface area contributed by atoms with E-state index in [0.717, 1.165) is 0 Å². The van der Waals surface area contributed by atoms with E-state index >= 15 is 0 Å². The SMILES string of the molecule is CO[C@H]1O[C@@H]2CN(C)[P@](=O)(OC)O[C@H]2[C@H](OC)[C@H]1OC. The number of nitrogens with zero attached hydrogens (tertiary/aromatic N) is 1. The third kappa shape index (κ3) is 2.67.